The Balaban J connectivity index is 1.39. The Morgan fingerprint density at radius 3 is 2.37 bits per heavy atom. The molecule has 1 aliphatic carbocycles. The van der Waals surface area contributed by atoms with Gasteiger partial charge in [0, 0.05) is 50.3 Å². The van der Waals surface area contributed by atoms with E-state index in [-0.39, 0.29) is 33.2 Å². The fourth-order valence-electron chi connectivity index (χ4n) is 4.34. The molecule has 2 heterocycles. The molecule has 3 amide bonds. The number of carbonyl (C=O) groups excluding carboxylic acids is 2. The molecule has 2 fully saturated rings. The number of halogens is 3. The third-order valence-electron chi connectivity index (χ3n) is 6.87. The first-order valence-corrected chi connectivity index (χ1v) is 13.2. The van der Waals surface area contributed by atoms with Gasteiger partial charge < -0.3 is 25.5 Å². The summed E-state index contributed by atoms with van der Waals surface area (Å²) in [4.78, 5) is 41.5. The molecule has 2 aromatic carbocycles. The molecule has 0 radical (unpaired) electrons. The van der Waals surface area contributed by atoms with E-state index in [9.17, 15) is 27.6 Å². The van der Waals surface area contributed by atoms with Gasteiger partial charge in [-0.3, -0.25) is 14.6 Å². The van der Waals surface area contributed by atoms with Gasteiger partial charge in [0.05, 0.1) is 22.6 Å². The summed E-state index contributed by atoms with van der Waals surface area (Å²) in [5, 5.41) is 13.8. The third-order valence-corrected chi connectivity index (χ3v) is 6.87. The number of nitrogens with zero attached hydrogens (tertiary/aromatic N) is 3. The first kappa shape index (κ1) is 21.1. The number of hydrogen-bond donors (Lipinski definition) is 3. The standard InChI is InChI=1S/C31H32F3N5O4/c1-19(20-2-4-21(5-3-20)26-16-24(31(32,33)34)9-8-23(26)18-36-30(42)43)37-28(40)27-17-25(10-11-35-27)38-12-14-39(15-13-38)29(41)22-6-7-22/h2-5,8-11,16-17,19,22,36H,6-7,12-15,18H2,1H3,(H,37,40)(H,42,43)/t19-/m1/s1/i12D2,13D2,14D2,15D2. The molecule has 2 aliphatic rings. The number of carboxylic acid groups (broad SMARTS) is 1. The molecule has 1 aliphatic heterocycles. The molecule has 9 nitrogen and oxygen atoms in total. The zero-order valence-electron chi connectivity index (χ0n) is 30.7. The van der Waals surface area contributed by atoms with Gasteiger partial charge >= 0.3 is 12.3 Å². The van der Waals surface area contributed by atoms with E-state index in [1.54, 1.807) is 6.92 Å². The molecular formula is C31H32F3N5O4. The third kappa shape index (κ3) is 7.25. The molecule has 0 spiro atoms. The van der Waals surface area contributed by atoms with Crippen LogP contribution in [0, 0.1) is 5.92 Å². The summed E-state index contributed by atoms with van der Waals surface area (Å²) in [7, 11) is 0. The van der Waals surface area contributed by atoms with Crippen molar-refractivity contribution in [2.24, 2.45) is 5.92 Å². The Bertz CT molecular complexity index is 1830. The zero-order chi connectivity index (χ0) is 37.9. The van der Waals surface area contributed by atoms with Crippen LogP contribution in [0.3, 0.4) is 0 Å². The Hall–Kier alpha value is -4.61. The lowest BCUT2D eigenvalue weighted by molar-refractivity contribution is -0.137. The van der Waals surface area contributed by atoms with Crippen LogP contribution in [-0.2, 0) is 17.5 Å². The lowest BCUT2D eigenvalue weighted by Gasteiger charge is -2.36. The van der Waals surface area contributed by atoms with Crippen molar-refractivity contribution in [1.82, 2.24) is 20.5 Å². The highest BCUT2D eigenvalue weighted by atomic mass is 19.4. The molecule has 0 unspecified atom stereocenters. The summed E-state index contributed by atoms with van der Waals surface area (Å²) in [6, 6.07) is 10.3. The van der Waals surface area contributed by atoms with Crippen LogP contribution in [0.4, 0.5) is 23.7 Å². The first-order valence-electron chi connectivity index (χ1n) is 17.2. The SMILES string of the molecule is [2H]C1([2H])N(C(=O)C2CC2)C([2H])([2H])C([2H])([2H])N(c2ccnc(C(=O)N[C@H](C)c3ccc(-c4cc(C(F)(F)F)ccc4CNC(=O)O)cc3)c2)C1([2H])[2H]. The predicted octanol–water partition coefficient (Wildman–Crippen LogP) is 5.08. The number of carbonyl (C=O) groups is 3. The van der Waals surface area contributed by atoms with Gasteiger partial charge in [0.25, 0.3) is 5.91 Å². The van der Waals surface area contributed by atoms with Crippen LogP contribution in [0.2, 0.25) is 0 Å². The Kier molecular flexibility index (Phi) is 6.06. The van der Waals surface area contributed by atoms with E-state index in [2.05, 4.69) is 15.6 Å². The summed E-state index contributed by atoms with van der Waals surface area (Å²) in [6.45, 7) is -12.0. The molecule has 5 rings (SSSR count). The van der Waals surface area contributed by atoms with E-state index < -0.39 is 73.3 Å². The summed E-state index contributed by atoms with van der Waals surface area (Å²) in [6.07, 6.45) is -4.29. The quantitative estimate of drug-likeness (QED) is 0.331. The van der Waals surface area contributed by atoms with E-state index in [0.717, 1.165) is 30.5 Å². The monoisotopic (exact) mass is 603 g/mol. The van der Waals surface area contributed by atoms with Crippen molar-refractivity contribution in [3.63, 3.8) is 0 Å². The van der Waals surface area contributed by atoms with Crippen LogP contribution in [0.25, 0.3) is 11.1 Å². The van der Waals surface area contributed by atoms with Crippen molar-refractivity contribution >= 4 is 23.6 Å². The molecule has 1 saturated heterocycles. The van der Waals surface area contributed by atoms with E-state index in [4.69, 9.17) is 16.1 Å². The molecule has 226 valence electrons. The Morgan fingerprint density at radius 2 is 1.74 bits per heavy atom. The van der Waals surface area contributed by atoms with Crippen LogP contribution in [0.5, 0.6) is 0 Å². The van der Waals surface area contributed by atoms with Gasteiger partial charge in [0.2, 0.25) is 5.91 Å². The van der Waals surface area contributed by atoms with Crippen LogP contribution in [0.15, 0.2) is 60.8 Å². The summed E-state index contributed by atoms with van der Waals surface area (Å²) < 4.78 is 109. The number of amides is 3. The van der Waals surface area contributed by atoms with Crippen LogP contribution in [-0.4, -0.2) is 58.9 Å². The number of anilines is 1. The highest BCUT2D eigenvalue weighted by molar-refractivity contribution is 5.93. The minimum atomic E-state index is -4.65. The van der Waals surface area contributed by atoms with Crippen molar-refractivity contribution < 1.29 is 43.6 Å². The van der Waals surface area contributed by atoms with Gasteiger partial charge in [0.1, 0.15) is 5.69 Å². The fraction of sp³-hybridized carbons (Fsp3) is 0.355. The average Bonchev–Trinajstić information content (AvgIpc) is 3.88. The number of nitrogens with one attached hydrogen (secondary N) is 2. The highest BCUT2D eigenvalue weighted by Gasteiger charge is 2.35. The number of aromatic nitrogens is 1. The summed E-state index contributed by atoms with van der Waals surface area (Å²) in [5.41, 5.74) is -0.473. The number of benzene rings is 2. The molecule has 0 bridgehead atoms. The molecule has 1 aromatic heterocycles. The lowest BCUT2D eigenvalue weighted by atomic mass is 9.95. The molecule has 1 atom stereocenters. The molecule has 3 N–H and O–H groups in total. The molecule has 3 aromatic rings. The average molecular weight is 604 g/mol. The van der Waals surface area contributed by atoms with E-state index in [1.165, 1.54) is 30.3 Å². The molecule has 1 saturated carbocycles. The smallest absolute Gasteiger partial charge is 0.416 e. The topological polar surface area (TPSA) is 115 Å². The number of rotatable bonds is 8. The van der Waals surface area contributed by atoms with Crippen LogP contribution in [0.1, 0.15) is 64.0 Å². The van der Waals surface area contributed by atoms with Crippen LogP contribution < -0.4 is 15.5 Å². The normalized spacial score (nSPS) is 23.4. The first-order chi connectivity index (χ1) is 23.5. The highest BCUT2D eigenvalue weighted by Crippen LogP contribution is 2.35. The molecule has 12 heteroatoms. The maximum absolute atomic E-state index is 13.5. The van der Waals surface area contributed by atoms with Crippen LogP contribution >= 0.6 is 0 Å². The van der Waals surface area contributed by atoms with Crippen molar-refractivity contribution in [2.45, 2.75) is 38.5 Å². The van der Waals surface area contributed by atoms with Crippen molar-refractivity contribution in [2.75, 3.05) is 30.9 Å². The molecule has 43 heavy (non-hydrogen) atoms. The second-order valence-corrected chi connectivity index (χ2v) is 9.98. The number of hydrogen-bond acceptors (Lipinski definition) is 5. The maximum atomic E-state index is 13.5. The Morgan fingerprint density at radius 1 is 1.05 bits per heavy atom. The van der Waals surface area contributed by atoms with Crippen molar-refractivity contribution in [1.29, 1.82) is 0 Å². The fourth-order valence-corrected chi connectivity index (χ4v) is 4.34. The van der Waals surface area contributed by atoms with E-state index in [1.807, 2.05) is 0 Å². The number of piperazine rings is 1. The molecular weight excluding hydrogens is 563 g/mol. The number of alkyl halides is 3. The van der Waals surface area contributed by atoms with Gasteiger partial charge in [-0.25, -0.2) is 4.79 Å². The second kappa shape index (κ2) is 12.3. The van der Waals surface area contributed by atoms with E-state index in [0.29, 0.717) is 24.0 Å². The predicted molar refractivity (Wildman–Crippen MR) is 153 cm³/mol. The van der Waals surface area contributed by atoms with Gasteiger partial charge in [-0.2, -0.15) is 13.2 Å². The number of pyridine rings is 1. The van der Waals surface area contributed by atoms with Crippen molar-refractivity contribution in [3.05, 3.63) is 83.2 Å². The minimum Gasteiger partial charge on any atom is -0.465 e. The zero-order valence-corrected chi connectivity index (χ0v) is 22.7. The van der Waals surface area contributed by atoms with Gasteiger partial charge in [-0.1, -0.05) is 30.3 Å². The summed E-state index contributed by atoms with van der Waals surface area (Å²) in [5.74, 6) is -2.62. The lowest BCUT2D eigenvalue weighted by Crippen LogP contribution is -2.49. The van der Waals surface area contributed by atoms with E-state index >= 15 is 0 Å². The Labute approximate surface area is 257 Å². The summed E-state index contributed by atoms with van der Waals surface area (Å²) >= 11 is 0. The van der Waals surface area contributed by atoms with Gasteiger partial charge in [0.15, 0.2) is 0 Å². The second-order valence-electron chi connectivity index (χ2n) is 9.98. The minimum absolute atomic E-state index is 0.0106. The van der Waals surface area contributed by atoms with Crippen molar-refractivity contribution in [3.8, 4) is 11.1 Å². The largest absolute Gasteiger partial charge is 0.465 e. The maximum Gasteiger partial charge on any atom is 0.416 e. The van der Waals surface area contributed by atoms with Gasteiger partial charge in [-0.15, -0.1) is 0 Å². The van der Waals surface area contributed by atoms with Gasteiger partial charge in [-0.05, 0) is 66.3 Å².